The molecule has 424 valence electrons. The van der Waals surface area contributed by atoms with Crippen LogP contribution in [0.3, 0.4) is 0 Å². The molecule has 7 N–H and O–H groups in total. The minimum absolute atomic E-state index is 0.171. The SMILES string of the molecule is CCCC/C=C/CCCCCCCCCCCC(=O)OC[C@H](CO[C@H]1O[C@@H](CO[C@H]2O[C@@H](CO)[C@@H](O)C(O)C2O)[C@@H](O)C(O)C1O)OC(=O)CCCCCCCCCCCCCCCCCCCCCCC. The fourth-order valence-electron chi connectivity index (χ4n) is 9.44. The number of aliphatic hydroxyl groups is 7. The summed E-state index contributed by atoms with van der Waals surface area (Å²) in [6, 6.07) is 0. The maximum Gasteiger partial charge on any atom is 0.306 e. The Morgan fingerprint density at radius 2 is 0.806 bits per heavy atom. The highest BCUT2D eigenvalue weighted by Gasteiger charge is 2.47. The van der Waals surface area contributed by atoms with Gasteiger partial charge in [0.15, 0.2) is 18.7 Å². The van der Waals surface area contributed by atoms with Gasteiger partial charge in [-0.05, 0) is 32.1 Å². The molecule has 15 nitrogen and oxygen atoms in total. The van der Waals surface area contributed by atoms with E-state index < -0.39 is 92.7 Å². The normalized spacial score (nSPS) is 25.0. The number of unbranched alkanes of at least 4 members (excludes halogenated alkanes) is 31. The van der Waals surface area contributed by atoms with Crippen LogP contribution in [0.2, 0.25) is 0 Å². The number of hydrogen-bond donors (Lipinski definition) is 7. The number of carbonyl (C=O) groups is 2. The third-order valence-corrected chi connectivity index (χ3v) is 14.2. The van der Waals surface area contributed by atoms with Crippen LogP contribution in [0.1, 0.15) is 245 Å². The van der Waals surface area contributed by atoms with Crippen molar-refractivity contribution in [1.29, 1.82) is 0 Å². The van der Waals surface area contributed by atoms with Crippen molar-refractivity contribution in [3.05, 3.63) is 12.2 Å². The fourth-order valence-corrected chi connectivity index (χ4v) is 9.44. The lowest BCUT2D eigenvalue weighted by Gasteiger charge is -2.42. The van der Waals surface area contributed by atoms with Gasteiger partial charge in [-0.2, -0.15) is 0 Å². The molecular weight excluding hydrogens is 925 g/mol. The van der Waals surface area contributed by atoms with E-state index in [4.69, 9.17) is 28.4 Å². The average molecular weight is 1030 g/mol. The third kappa shape index (κ3) is 31.3. The number of allylic oxidation sites excluding steroid dienone is 2. The van der Waals surface area contributed by atoms with Crippen molar-refractivity contribution in [2.45, 2.75) is 313 Å². The van der Waals surface area contributed by atoms with Gasteiger partial charge in [0, 0.05) is 12.8 Å². The molecule has 0 bridgehead atoms. The molecule has 2 aliphatic heterocycles. The van der Waals surface area contributed by atoms with Gasteiger partial charge in [-0.1, -0.05) is 212 Å². The van der Waals surface area contributed by atoms with Gasteiger partial charge in [0.25, 0.3) is 0 Å². The van der Waals surface area contributed by atoms with Crippen molar-refractivity contribution < 1.29 is 73.8 Å². The van der Waals surface area contributed by atoms with Gasteiger partial charge in [0.1, 0.15) is 55.4 Å². The first-order valence-corrected chi connectivity index (χ1v) is 29.3. The first-order chi connectivity index (χ1) is 35.0. The van der Waals surface area contributed by atoms with Gasteiger partial charge < -0.3 is 64.2 Å². The summed E-state index contributed by atoms with van der Waals surface area (Å²) in [5, 5.41) is 72.3. The summed E-state index contributed by atoms with van der Waals surface area (Å²) in [6.07, 6.45) is 29.5. The Labute approximate surface area is 435 Å². The largest absolute Gasteiger partial charge is 0.462 e. The molecule has 2 rings (SSSR count). The van der Waals surface area contributed by atoms with Gasteiger partial charge in [0.2, 0.25) is 0 Å². The molecular formula is C57H106O15. The van der Waals surface area contributed by atoms with Crippen molar-refractivity contribution in [2.24, 2.45) is 0 Å². The van der Waals surface area contributed by atoms with E-state index in [2.05, 4.69) is 26.0 Å². The maximum atomic E-state index is 13.1. The molecule has 72 heavy (non-hydrogen) atoms. The van der Waals surface area contributed by atoms with Gasteiger partial charge in [-0.3, -0.25) is 9.59 Å². The number of esters is 2. The predicted molar refractivity (Wildman–Crippen MR) is 280 cm³/mol. The van der Waals surface area contributed by atoms with E-state index in [-0.39, 0.29) is 26.1 Å². The first kappa shape index (κ1) is 66.4. The summed E-state index contributed by atoms with van der Waals surface area (Å²) >= 11 is 0. The van der Waals surface area contributed by atoms with Crippen LogP contribution in [0.5, 0.6) is 0 Å². The van der Waals surface area contributed by atoms with Crippen LogP contribution in [-0.4, -0.2) is 142 Å². The molecule has 0 spiro atoms. The summed E-state index contributed by atoms with van der Waals surface area (Å²) in [5.41, 5.74) is 0. The van der Waals surface area contributed by atoms with Crippen molar-refractivity contribution in [3.63, 3.8) is 0 Å². The van der Waals surface area contributed by atoms with E-state index in [0.717, 1.165) is 38.5 Å². The van der Waals surface area contributed by atoms with Crippen LogP contribution in [-0.2, 0) is 38.0 Å². The number of aliphatic hydroxyl groups excluding tert-OH is 7. The zero-order valence-corrected chi connectivity index (χ0v) is 45.2. The summed E-state index contributed by atoms with van der Waals surface area (Å²) in [7, 11) is 0. The van der Waals surface area contributed by atoms with Crippen LogP contribution in [0, 0.1) is 0 Å². The molecule has 2 fully saturated rings. The number of carbonyl (C=O) groups excluding carboxylic acids is 2. The van der Waals surface area contributed by atoms with Crippen molar-refractivity contribution in [3.8, 4) is 0 Å². The summed E-state index contributed by atoms with van der Waals surface area (Å²) < 4.78 is 33.7. The van der Waals surface area contributed by atoms with Crippen LogP contribution in [0.4, 0.5) is 0 Å². The second-order valence-corrected chi connectivity index (χ2v) is 20.8. The van der Waals surface area contributed by atoms with E-state index in [9.17, 15) is 45.3 Å². The molecule has 0 saturated carbocycles. The van der Waals surface area contributed by atoms with Crippen LogP contribution < -0.4 is 0 Å². The minimum atomic E-state index is -1.76. The number of hydrogen-bond acceptors (Lipinski definition) is 15. The second kappa shape index (κ2) is 44.4. The smallest absolute Gasteiger partial charge is 0.306 e. The molecule has 4 unspecified atom stereocenters. The molecule has 2 saturated heterocycles. The average Bonchev–Trinajstić information content (AvgIpc) is 3.37. The lowest BCUT2D eigenvalue weighted by atomic mass is 9.98. The summed E-state index contributed by atoms with van der Waals surface area (Å²) in [6.45, 7) is 2.61. The molecule has 2 aliphatic rings. The van der Waals surface area contributed by atoms with E-state index in [1.54, 1.807) is 0 Å². The van der Waals surface area contributed by atoms with Crippen molar-refractivity contribution in [1.82, 2.24) is 0 Å². The zero-order chi connectivity index (χ0) is 52.4. The van der Waals surface area contributed by atoms with E-state index in [1.165, 1.54) is 167 Å². The highest BCUT2D eigenvalue weighted by Crippen LogP contribution is 2.27. The number of rotatable bonds is 47. The van der Waals surface area contributed by atoms with Gasteiger partial charge in [-0.15, -0.1) is 0 Å². The van der Waals surface area contributed by atoms with Crippen LogP contribution in [0.25, 0.3) is 0 Å². The Morgan fingerprint density at radius 1 is 0.431 bits per heavy atom. The quantitative estimate of drug-likeness (QED) is 0.0171. The van der Waals surface area contributed by atoms with Crippen LogP contribution >= 0.6 is 0 Å². The van der Waals surface area contributed by atoms with Crippen LogP contribution in [0.15, 0.2) is 12.2 Å². The molecule has 0 aromatic carbocycles. The Kier molecular flexibility index (Phi) is 40.9. The monoisotopic (exact) mass is 1030 g/mol. The molecule has 11 atom stereocenters. The minimum Gasteiger partial charge on any atom is -0.462 e. The van der Waals surface area contributed by atoms with E-state index in [0.29, 0.717) is 12.8 Å². The molecule has 2 heterocycles. The molecule has 0 aromatic rings. The first-order valence-electron chi connectivity index (χ1n) is 29.3. The Hall–Kier alpha value is -1.76. The van der Waals surface area contributed by atoms with Gasteiger partial charge in [-0.25, -0.2) is 0 Å². The molecule has 0 amide bonds. The lowest BCUT2D eigenvalue weighted by Crippen LogP contribution is -2.61. The zero-order valence-electron chi connectivity index (χ0n) is 45.2. The molecule has 0 aliphatic carbocycles. The van der Waals surface area contributed by atoms with E-state index in [1.807, 2.05) is 0 Å². The van der Waals surface area contributed by atoms with E-state index >= 15 is 0 Å². The highest BCUT2D eigenvalue weighted by molar-refractivity contribution is 5.70. The standard InChI is InChI=1S/C57H106O15/c1-3-5-7-9-11-13-15-17-19-20-21-22-23-24-26-28-30-32-34-36-38-40-49(60)70-45(42-67-48(59)39-37-35-33-31-29-27-25-18-16-14-12-10-8-6-4-2)43-68-56-55(66)53(64)51(62)47(72-56)44-69-57-54(65)52(63)50(61)46(41-58)71-57/h10,12,45-47,50-58,61-66H,3-9,11,13-44H2,1-2H3/b12-10+/t45-,46+,47+,50-,51-,52?,53?,54?,55?,56+,57+/m1/s1. The Bertz CT molecular complexity index is 1300. The lowest BCUT2D eigenvalue weighted by molar-refractivity contribution is -0.332. The predicted octanol–water partition coefficient (Wildman–Crippen LogP) is 9.72. The summed E-state index contributed by atoms with van der Waals surface area (Å²) in [5.74, 6) is -0.912. The Morgan fingerprint density at radius 3 is 1.26 bits per heavy atom. The van der Waals surface area contributed by atoms with Gasteiger partial charge >= 0.3 is 11.9 Å². The highest BCUT2D eigenvalue weighted by atomic mass is 16.7. The third-order valence-electron chi connectivity index (χ3n) is 14.2. The maximum absolute atomic E-state index is 13.1. The fraction of sp³-hybridized carbons (Fsp3) is 0.930. The van der Waals surface area contributed by atoms with Crippen molar-refractivity contribution in [2.75, 3.05) is 26.4 Å². The number of ether oxygens (including phenoxy) is 6. The molecule has 0 aromatic heterocycles. The summed E-state index contributed by atoms with van der Waals surface area (Å²) in [4.78, 5) is 25.9. The molecule has 0 radical (unpaired) electrons. The van der Waals surface area contributed by atoms with Gasteiger partial charge in [0.05, 0.1) is 19.8 Å². The van der Waals surface area contributed by atoms with Crippen molar-refractivity contribution >= 4 is 11.9 Å². The Balaban J connectivity index is 1.74. The second-order valence-electron chi connectivity index (χ2n) is 20.8. The topological polar surface area (TPSA) is 231 Å². The molecule has 15 heteroatoms.